The maximum absolute atomic E-state index is 12.5. The van der Waals surface area contributed by atoms with Gasteiger partial charge < -0.3 is 9.88 Å². The lowest BCUT2D eigenvalue weighted by molar-refractivity contribution is 0.243. The largest absolute Gasteiger partial charge is 0.354 e. The third-order valence-electron chi connectivity index (χ3n) is 5.84. The van der Waals surface area contributed by atoms with Gasteiger partial charge in [0.15, 0.2) is 0 Å². The van der Waals surface area contributed by atoms with E-state index < -0.39 is 0 Å². The Morgan fingerprint density at radius 3 is 2.70 bits per heavy atom. The first-order valence-electron chi connectivity index (χ1n) is 10.0. The molecule has 30 heavy (non-hydrogen) atoms. The number of benzene rings is 1. The summed E-state index contributed by atoms with van der Waals surface area (Å²) in [6.45, 7) is 8.11. The first kappa shape index (κ1) is 19.5. The predicted molar refractivity (Wildman–Crippen MR) is 124 cm³/mol. The molecule has 5 rings (SSSR count). The second-order valence-corrected chi connectivity index (χ2v) is 9.29. The fourth-order valence-corrected chi connectivity index (χ4v) is 5.33. The summed E-state index contributed by atoms with van der Waals surface area (Å²) < 4.78 is 0. The van der Waals surface area contributed by atoms with Gasteiger partial charge in [0, 0.05) is 36.4 Å². The van der Waals surface area contributed by atoms with Crippen molar-refractivity contribution in [1.82, 2.24) is 19.9 Å². The Hall–Kier alpha value is -2.48. The van der Waals surface area contributed by atoms with Gasteiger partial charge in [-0.15, -0.1) is 11.3 Å². The number of H-pyrrole nitrogens is 1. The number of hydrogen-bond acceptors (Lipinski definition) is 6. The summed E-state index contributed by atoms with van der Waals surface area (Å²) in [5, 5.41) is 3.35. The number of nitrogens with zero attached hydrogens (tertiary/aromatic N) is 4. The standard InChI is InChI=1S/C22H22ClN5OS/c1-13-14(2)30-22-19(13)21(29)24-17(25-22)12-27-7-9-28(10-8-27)18-11-15-5-3-4-6-16(15)20(23)26-18/h3-6,11H,7-10,12H2,1-2H3,(H,24,25,29). The molecule has 0 saturated carbocycles. The number of aromatic nitrogens is 3. The molecule has 0 spiro atoms. The zero-order valence-corrected chi connectivity index (χ0v) is 18.5. The molecule has 1 aliphatic heterocycles. The SMILES string of the molecule is Cc1sc2nc(CN3CCN(c4cc5ccccc5c(Cl)n4)CC3)[nH]c(=O)c2c1C. The fraction of sp³-hybridized carbons (Fsp3) is 0.318. The van der Waals surface area contributed by atoms with Crippen molar-refractivity contribution >= 4 is 49.7 Å². The molecule has 4 heterocycles. The monoisotopic (exact) mass is 439 g/mol. The summed E-state index contributed by atoms with van der Waals surface area (Å²) in [6, 6.07) is 10.2. The second-order valence-electron chi connectivity index (χ2n) is 7.73. The van der Waals surface area contributed by atoms with Crippen LogP contribution in [0.15, 0.2) is 35.1 Å². The number of piperazine rings is 1. The highest BCUT2D eigenvalue weighted by atomic mass is 35.5. The molecule has 8 heteroatoms. The van der Waals surface area contributed by atoms with Gasteiger partial charge in [-0.05, 0) is 30.9 Å². The van der Waals surface area contributed by atoms with Gasteiger partial charge in [-0.25, -0.2) is 9.97 Å². The van der Waals surface area contributed by atoms with Gasteiger partial charge in [0.2, 0.25) is 0 Å². The number of rotatable bonds is 3. The van der Waals surface area contributed by atoms with Crippen LogP contribution in [0.2, 0.25) is 5.15 Å². The number of aromatic amines is 1. The highest BCUT2D eigenvalue weighted by Gasteiger charge is 2.20. The zero-order chi connectivity index (χ0) is 20.8. The van der Waals surface area contributed by atoms with E-state index in [0.717, 1.165) is 69.3 Å². The number of aryl methyl sites for hydroxylation is 2. The normalized spacial score (nSPS) is 15.4. The van der Waals surface area contributed by atoms with Gasteiger partial charge in [-0.3, -0.25) is 9.69 Å². The Morgan fingerprint density at radius 1 is 1.13 bits per heavy atom. The predicted octanol–water partition coefficient (Wildman–Crippen LogP) is 4.13. The molecule has 0 atom stereocenters. The fourth-order valence-electron chi connectivity index (χ4n) is 4.03. The molecule has 1 aliphatic rings. The molecule has 6 nitrogen and oxygen atoms in total. The van der Waals surface area contributed by atoms with Gasteiger partial charge in [-0.2, -0.15) is 0 Å². The summed E-state index contributed by atoms with van der Waals surface area (Å²) in [6.07, 6.45) is 0. The highest BCUT2D eigenvalue weighted by Crippen LogP contribution is 2.28. The number of anilines is 1. The van der Waals surface area contributed by atoms with Crippen molar-refractivity contribution in [3.05, 3.63) is 62.1 Å². The number of fused-ring (bicyclic) bond motifs is 2. The molecule has 1 N–H and O–H groups in total. The molecular weight excluding hydrogens is 418 g/mol. The van der Waals surface area contributed by atoms with Gasteiger partial charge >= 0.3 is 0 Å². The number of pyridine rings is 1. The number of halogens is 1. The molecular formula is C22H22ClN5OS. The molecule has 3 aromatic heterocycles. The Labute approximate surface area is 183 Å². The molecule has 1 saturated heterocycles. The van der Waals surface area contributed by atoms with E-state index in [2.05, 4.69) is 31.9 Å². The smallest absolute Gasteiger partial charge is 0.259 e. The summed E-state index contributed by atoms with van der Waals surface area (Å²) >= 11 is 7.99. The van der Waals surface area contributed by atoms with Crippen molar-refractivity contribution in [2.75, 3.05) is 31.1 Å². The van der Waals surface area contributed by atoms with Crippen LogP contribution in [0.1, 0.15) is 16.3 Å². The van der Waals surface area contributed by atoms with Crippen LogP contribution in [0, 0.1) is 13.8 Å². The lowest BCUT2D eigenvalue weighted by atomic mass is 10.1. The molecule has 0 aliphatic carbocycles. The van der Waals surface area contributed by atoms with Crippen molar-refractivity contribution < 1.29 is 0 Å². The lowest BCUT2D eigenvalue weighted by Gasteiger charge is -2.35. The van der Waals surface area contributed by atoms with Crippen molar-refractivity contribution in [1.29, 1.82) is 0 Å². The zero-order valence-electron chi connectivity index (χ0n) is 16.9. The summed E-state index contributed by atoms with van der Waals surface area (Å²) in [7, 11) is 0. The summed E-state index contributed by atoms with van der Waals surface area (Å²) in [5.41, 5.74) is 0.996. The molecule has 1 fully saturated rings. The van der Waals surface area contributed by atoms with Crippen LogP contribution < -0.4 is 10.5 Å². The average Bonchev–Trinajstić information content (AvgIpc) is 3.02. The minimum atomic E-state index is -0.0366. The topological polar surface area (TPSA) is 65.1 Å². The van der Waals surface area contributed by atoms with Crippen LogP contribution >= 0.6 is 22.9 Å². The van der Waals surface area contributed by atoms with Crippen molar-refractivity contribution in [2.24, 2.45) is 0 Å². The van der Waals surface area contributed by atoms with Crippen molar-refractivity contribution in [3.63, 3.8) is 0 Å². The molecule has 0 amide bonds. The maximum atomic E-state index is 12.5. The molecule has 154 valence electrons. The number of nitrogens with one attached hydrogen (secondary N) is 1. The Balaban J connectivity index is 1.31. The Kier molecular flexibility index (Phi) is 4.97. The maximum Gasteiger partial charge on any atom is 0.259 e. The van der Waals surface area contributed by atoms with Gasteiger partial charge in [0.25, 0.3) is 5.56 Å². The second kappa shape index (κ2) is 7.65. The van der Waals surface area contributed by atoms with E-state index in [4.69, 9.17) is 16.6 Å². The quantitative estimate of drug-likeness (QED) is 0.486. The minimum absolute atomic E-state index is 0.0366. The number of hydrogen-bond donors (Lipinski definition) is 1. The Morgan fingerprint density at radius 2 is 1.90 bits per heavy atom. The van der Waals surface area contributed by atoms with E-state index in [1.165, 1.54) is 0 Å². The molecule has 1 aromatic carbocycles. The Bertz CT molecular complexity index is 1310. The summed E-state index contributed by atoms with van der Waals surface area (Å²) in [4.78, 5) is 31.4. The van der Waals surface area contributed by atoms with Crippen molar-refractivity contribution in [2.45, 2.75) is 20.4 Å². The highest BCUT2D eigenvalue weighted by molar-refractivity contribution is 7.18. The molecule has 0 bridgehead atoms. The van der Waals surface area contributed by atoms with Crippen LogP contribution in [0.5, 0.6) is 0 Å². The van der Waals surface area contributed by atoms with Gasteiger partial charge in [-0.1, -0.05) is 35.9 Å². The first-order chi connectivity index (χ1) is 14.5. The third-order valence-corrected chi connectivity index (χ3v) is 7.23. The van der Waals surface area contributed by atoms with E-state index in [9.17, 15) is 4.79 Å². The third kappa shape index (κ3) is 3.47. The average molecular weight is 440 g/mol. The van der Waals surface area contributed by atoms with E-state index in [0.29, 0.717) is 11.7 Å². The van der Waals surface area contributed by atoms with Crippen LogP contribution in [0.4, 0.5) is 5.82 Å². The lowest BCUT2D eigenvalue weighted by Crippen LogP contribution is -2.46. The van der Waals surface area contributed by atoms with E-state index in [1.807, 2.05) is 32.0 Å². The van der Waals surface area contributed by atoms with E-state index in [1.54, 1.807) is 11.3 Å². The summed E-state index contributed by atoms with van der Waals surface area (Å²) in [5.74, 6) is 1.64. The van der Waals surface area contributed by atoms with E-state index >= 15 is 0 Å². The molecule has 0 unspecified atom stereocenters. The number of thiophene rings is 1. The van der Waals surface area contributed by atoms with E-state index in [-0.39, 0.29) is 5.56 Å². The van der Waals surface area contributed by atoms with Crippen LogP contribution in [0.25, 0.3) is 21.0 Å². The minimum Gasteiger partial charge on any atom is -0.354 e. The van der Waals surface area contributed by atoms with Crippen molar-refractivity contribution in [3.8, 4) is 0 Å². The molecule has 0 radical (unpaired) electrons. The van der Waals surface area contributed by atoms with Gasteiger partial charge in [0.05, 0.1) is 11.9 Å². The molecule has 4 aromatic rings. The van der Waals surface area contributed by atoms with Crippen LogP contribution in [0.3, 0.4) is 0 Å². The first-order valence-corrected chi connectivity index (χ1v) is 11.2. The van der Waals surface area contributed by atoms with Crippen LogP contribution in [-0.2, 0) is 6.54 Å². The van der Waals surface area contributed by atoms with Gasteiger partial charge in [0.1, 0.15) is 21.6 Å². The van der Waals surface area contributed by atoms with Crippen LogP contribution in [-0.4, -0.2) is 46.0 Å².